The molecular formula is C30H56O4S. The SMILES string of the molecule is CCCCCCCCCCCCCCCC(=O)OOC(=O)CCSC1CCCCCCCCCC1. The highest BCUT2D eigenvalue weighted by atomic mass is 32.2. The summed E-state index contributed by atoms with van der Waals surface area (Å²) in [5, 5.41) is 0.652. The van der Waals surface area contributed by atoms with Crippen LogP contribution in [-0.4, -0.2) is 22.9 Å². The summed E-state index contributed by atoms with van der Waals surface area (Å²) >= 11 is 1.90. The van der Waals surface area contributed by atoms with Crippen molar-refractivity contribution >= 4 is 23.7 Å². The molecule has 0 heterocycles. The van der Waals surface area contributed by atoms with E-state index in [4.69, 9.17) is 9.78 Å². The average molecular weight is 513 g/mol. The lowest BCUT2D eigenvalue weighted by molar-refractivity contribution is -0.258. The first-order valence-corrected chi connectivity index (χ1v) is 16.3. The van der Waals surface area contributed by atoms with Crippen molar-refractivity contribution in [2.75, 3.05) is 5.75 Å². The molecule has 206 valence electrons. The van der Waals surface area contributed by atoms with E-state index in [1.54, 1.807) is 0 Å². The highest BCUT2D eigenvalue weighted by molar-refractivity contribution is 7.99. The smallest absolute Gasteiger partial charge is 0.247 e. The summed E-state index contributed by atoms with van der Waals surface area (Å²) in [5.74, 6) is -0.0924. The molecule has 0 amide bonds. The van der Waals surface area contributed by atoms with Crippen LogP contribution in [0.25, 0.3) is 0 Å². The van der Waals surface area contributed by atoms with Gasteiger partial charge < -0.3 is 0 Å². The Hall–Kier alpha value is -0.710. The van der Waals surface area contributed by atoms with Gasteiger partial charge in [0.1, 0.15) is 0 Å². The van der Waals surface area contributed by atoms with E-state index >= 15 is 0 Å². The fraction of sp³-hybridized carbons (Fsp3) is 0.933. The number of rotatable bonds is 18. The number of hydrogen-bond acceptors (Lipinski definition) is 5. The quantitative estimate of drug-likeness (QED) is 0.104. The maximum Gasteiger partial charge on any atom is 0.356 e. The molecule has 0 bridgehead atoms. The number of carbonyl (C=O) groups excluding carboxylic acids is 2. The molecule has 0 N–H and O–H groups in total. The van der Waals surface area contributed by atoms with Gasteiger partial charge in [0, 0.05) is 11.0 Å². The van der Waals surface area contributed by atoms with Gasteiger partial charge in [0.2, 0.25) is 0 Å². The van der Waals surface area contributed by atoms with Crippen LogP contribution in [0.4, 0.5) is 0 Å². The van der Waals surface area contributed by atoms with Gasteiger partial charge in [-0.2, -0.15) is 11.8 Å². The second kappa shape index (κ2) is 25.0. The van der Waals surface area contributed by atoms with Crippen molar-refractivity contribution in [3.8, 4) is 0 Å². The summed E-state index contributed by atoms with van der Waals surface area (Å²) in [6.45, 7) is 2.26. The Labute approximate surface area is 221 Å². The largest absolute Gasteiger partial charge is 0.356 e. The number of hydrogen-bond donors (Lipinski definition) is 0. The van der Waals surface area contributed by atoms with Crippen LogP contribution >= 0.6 is 11.8 Å². The number of unbranched alkanes of at least 4 members (excludes halogenated alkanes) is 12. The third-order valence-electron chi connectivity index (χ3n) is 7.17. The zero-order valence-corrected chi connectivity index (χ0v) is 23.8. The molecule has 1 aliphatic carbocycles. The normalized spacial score (nSPS) is 15.9. The Morgan fingerprint density at radius 2 is 0.971 bits per heavy atom. The van der Waals surface area contributed by atoms with Crippen molar-refractivity contribution in [1.29, 1.82) is 0 Å². The molecule has 0 aromatic heterocycles. The van der Waals surface area contributed by atoms with Crippen LogP contribution in [0.5, 0.6) is 0 Å². The fourth-order valence-electron chi connectivity index (χ4n) is 4.89. The molecule has 0 aromatic rings. The van der Waals surface area contributed by atoms with Crippen LogP contribution in [0.2, 0.25) is 0 Å². The standard InChI is InChI=1S/C30H56O4S/c1-2-3-4-5-6-7-8-9-10-11-16-19-22-25-29(31)33-34-30(32)26-27-35-28-23-20-17-14-12-13-15-18-21-24-28/h28H,2-27H2,1H3. The van der Waals surface area contributed by atoms with Gasteiger partial charge in [-0.15, -0.1) is 0 Å². The van der Waals surface area contributed by atoms with Crippen molar-refractivity contribution in [2.24, 2.45) is 0 Å². The maximum absolute atomic E-state index is 11.9. The van der Waals surface area contributed by atoms with Crippen LogP contribution in [-0.2, 0) is 19.4 Å². The van der Waals surface area contributed by atoms with Crippen LogP contribution in [0, 0.1) is 0 Å². The van der Waals surface area contributed by atoms with Gasteiger partial charge in [0.05, 0.1) is 12.8 Å². The van der Waals surface area contributed by atoms with Gasteiger partial charge in [0.15, 0.2) is 0 Å². The minimum Gasteiger partial charge on any atom is -0.247 e. The van der Waals surface area contributed by atoms with E-state index in [-0.39, 0.29) is 0 Å². The van der Waals surface area contributed by atoms with E-state index in [1.807, 2.05) is 11.8 Å². The topological polar surface area (TPSA) is 52.6 Å². The zero-order chi connectivity index (χ0) is 25.2. The minimum absolute atomic E-state index is 0.313. The molecule has 0 aromatic carbocycles. The van der Waals surface area contributed by atoms with E-state index in [1.165, 1.54) is 135 Å². The highest BCUT2D eigenvalue weighted by Gasteiger charge is 2.14. The molecule has 0 atom stereocenters. The molecule has 4 nitrogen and oxygen atoms in total. The zero-order valence-electron chi connectivity index (χ0n) is 23.0. The van der Waals surface area contributed by atoms with Crippen molar-refractivity contribution in [3.63, 3.8) is 0 Å². The molecule has 0 spiro atoms. The molecule has 1 saturated carbocycles. The van der Waals surface area contributed by atoms with E-state index in [0.29, 0.717) is 18.1 Å². The van der Waals surface area contributed by atoms with Crippen LogP contribution in [0.15, 0.2) is 0 Å². The summed E-state index contributed by atoms with van der Waals surface area (Å²) < 4.78 is 0. The van der Waals surface area contributed by atoms with Gasteiger partial charge >= 0.3 is 11.9 Å². The summed E-state index contributed by atoms with van der Waals surface area (Å²) in [7, 11) is 0. The van der Waals surface area contributed by atoms with Crippen LogP contribution < -0.4 is 0 Å². The van der Waals surface area contributed by atoms with E-state index in [0.717, 1.165) is 18.6 Å². The third kappa shape index (κ3) is 22.2. The number of carbonyl (C=O) groups is 2. The summed E-state index contributed by atoms with van der Waals surface area (Å²) in [5.41, 5.74) is 0. The first kappa shape index (κ1) is 32.3. The van der Waals surface area contributed by atoms with E-state index in [2.05, 4.69) is 6.92 Å². The molecule has 0 unspecified atom stereocenters. The Kier molecular flexibility index (Phi) is 23.0. The Morgan fingerprint density at radius 3 is 1.46 bits per heavy atom. The van der Waals surface area contributed by atoms with E-state index < -0.39 is 11.9 Å². The fourth-order valence-corrected chi connectivity index (χ4v) is 6.17. The summed E-state index contributed by atoms with van der Waals surface area (Å²) in [6, 6.07) is 0. The van der Waals surface area contributed by atoms with Gasteiger partial charge in [-0.25, -0.2) is 19.4 Å². The van der Waals surface area contributed by atoms with Gasteiger partial charge in [-0.05, 0) is 19.3 Å². The highest BCUT2D eigenvalue weighted by Crippen LogP contribution is 2.26. The molecule has 35 heavy (non-hydrogen) atoms. The molecular weight excluding hydrogens is 456 g/mol. The Balaban J connectivity index is 1.91. The Bertz CT molecular complexity index is 485. The predicted molar refractivity (Wildman–Crippen MR) is 150 cm³/mol. The molecule has 0 saturated heterocycles. The molecule has 1 aliphatic rings. The predicted octanol–water partition coefficient (Wildman–Crippen LogP) is 9.88. The maximum atomic E-state index is 11.9. The van der Waals surface area contributed by atoms with Gasteiger partial charge in [-0.3, -0.25) is 0 Å². The molecule has 5 heteroatoms. The van der Waals surface area contributed by atoms with Crippen molar-refractivity contribution in [1.82, 2.24) is 0 Å². The second-order valence-electron chi connectivity index (χ2n) is 10.6. The monoisotopic (exact) mass is 512 g/mol. The second-order valence-corrected chi connectivity index (χ2v) is 12.0. The van der Waals surface area contributed by atoms with E-state index in [9.17, 15) is 9.59 Å². The minimum atomic E-state index is -0.423. The molecule has 1 rings (SSSR count). The Morgan fingerprint density at radius 1 is 0.571 bits per heavy atom. The molecule has 1 fully saturated rings. The first-order chi connectivity index (χ1) is 17.2. The van der Waals surface area contributed by atoms with Crippen molar-refractivity contribution in [2.45, 2.75) is 173 Å². The lowest BCUT2D eigenvalue weighted by atomic mass is 10.0. The third-order valence-corrected chi connectivity index (χ3v) is 8.56. The molecule has 0 aliphatic heterocycles. The van der Waals surface area contributed by atoms with Crippen molar-refractivity contribution < 1.29 is 19.4 Å². The summed E-state index contributed by atoms with van der Waals surface area (Å²) in [4.78, 5) is 33.2. The first-order valence-electron chi connectivity index (χ1n) is 15.2. The average Bonchev–Trinajstić information content (AvgIpc) is 2.92. The summed E-state index contributed by atoms with van der Waals surface area (Å²) in [6.07, 6.45) is 30.5. The lowest BCUT2D eigenvalue weighted by Crippen LogP contribution is -2.12. The van der Waals surface area contributed by atoms with Gasteiger partial charge in [0.25, 0.3) is 0 Å². The number of thioether (sulfide) groups is 1. The van der Waals surface area contributed by atoms with Crippen LogP contribution in [0.3, 0.4) is 0 Å². The van der Waals surface area contributed by atoms with Gasteiger partial charge in [-0.1, -0.05) is 135 Å². The lowest BCUT2D eigenvalue weighted by Gasteiger charge is -2.15. The molecule has 0 radical (unpaired) electrons. The van der Waals surface area contributed by atoms with Crippen LogP contribution in [0.1, 0.15) is 167 Å². The van der Waals surface area contributed by atoms with Crippen molar-refractivity contribution in [3.05, 3.63) is 0 Å².